The Hall–Kier alpha value is -3.51. The van der Waals surface area contributed by atoms with Crippen LogP contribution in [0.5, 0.6) is 0 Å². The number of nitrogens with one attached hydrogen (secondary N) is 2. The fourth-order valence-corrected chi connectivity index (χ4v) is 6.19. The number of nitrogens with zero attached hydrogens (tertiary/aromatic N) is 1. The summed E-state index contributed by atoms with van der Waals surface area (Å²) < 4.78 is 13.2. The van der Waals surface area contributed by atoms with Gasteiger partial charge in [0.25, 0.3) is 0 Å². The van der Waals surface area contributed by atoms with Crippen LogP contribution in [0.3, 0.4) is 0 Å². The summed E-state index contributed by atoms with van der Waals surface area (Å²) in [5.41, 5.74) is 2.36. The van der Waals surface area contributed by atoms with E-state index in [9.17, 15) is 14.0 Å². The minimum atomic E-state index is -0.518. The molecule has 5 rings (SSSR count). The number of piperidine rings is 1. The van der Waals surface area contributed by atoms with E-state index in [1.54, 1.807) is 19.1 Å². The average molecular weight is 514 g/mol. The van der Waals surface area contributed by atoms with Crippen molar-refractivity contribution in [1.82, 2.24) is 15.5 Å². The molecule has 0 aromatic heterocycles. The Bertz CT molecular complexity index is 1240. The summed E-state index contributed by atoms with van der Waals surface area (Å²) in [6.07, 6.45) is 3.17. The van der Waals surface area contributed by atoms with Crippen molar-refractivity contribution in [1.29, 1.82) is 0 Å². The van der Waals surface area contributed by atoms with E-state index < -0.39 is 5.41 Å². The van der Waals surface area contributed by atoms with Crippen molar-refractivity contribution < 1.29 is 14.0 Å². The molecule has 1 aliphatic heterocycles. The first-order valence-corrected chi connectivity index (χ1v) is 13.6. The number of carbonyl (C=O) groups is 2. The van der Waals surface area contributed by atoms with Gasteiger partial charge in [-0.05, 0) is 60.4 Å². The van der Waals surface area contributed by atoms with Crippen molar-refractivity contribution in [3.63, 3.8) is 0 Å². The first kappa shape index (κ1) is 26.1. The van der Waals surface area contributed by atoms with Crippen molar-refractivity contribution in [2.75, 3.05) is 26.2 Å². The molecular formula is C32H36FN3O2. The lowest BCUT2D eigenvalue weighted by Gasteiger charge is -2.43. The summed E-state index contributed by atoms with van der Waals surface area (Å²) >= 11 is 0. The second kappa shape index (κ2) is 11.1. The fourth-order valence-electron chi connectivity index (χ4n) is 6.19. The molecule has 6 heteroatoms. The second-order valence-electron chi connectivity index (χ2n) is 10.8. The van der Waals surface area contributed by atoms with Crippen LogP contribution in [0.25, 0.3) is 0 Å². The first-order chi connectivity index (χ1) is 18.4. The van der Waals surface area contributed by atoms with Crippen molar-refractivity contribution in [2.24, 2.45) is 5.92 Å². The van der Waals surface area contributed by atoms with Gasteiger partial charge in [0.1, 0.15) is 5.82 Å². The highest BCUT2D eigenvalue weighted by molar-refractivity contribution is 5.92. The van der Waals surface area contributed by atoms with Crippen LogP contribution in [0.15, 0.2) is 84.9 Å². The fraction of sp³-hybridized carbons (Fsp3) is 0.375. The molecule has 2 fully saturated rings. The predicted molar refractivity (Wildman–Crippen MR) is 147 cm³/mol. The van der Waals surface area contributed by atoms with Crippen molar-refractivity contribution in [2.45, 2.75) is 43.6 Å². The minimum absolute atomic E-state index is 0.00935. The largest absolute Gasteiger partial charge is 0.355 e. The van der Waals surface area contributed by atoms with Crippen LogP contribution in [-0.4, -0.2) is 42.9 Å². The lowest BCUT2D eigenvalue weighted by atomic mass is 9.80. The zero-order chi connectivity index (χ0) is 26.6. The third-order valence-corrected chi connectivity index (χ3v) is 8.34. The predicted octanol–water partition coefficient (Wildman–Crippen LogP) is 4.57. The number of hydrogen-bond acceptors (Lipinski definition) is 3. The van der Waals surface area contributed by atoms with Gasteiger partial charge in [-0.25, -0.2) is 4.39 Å². The smallest absolute Gasteiger partial charge is 0.231 e. The van der Waals surface area contributed by atoms with Crippen molar-refractivity contribution >= 4 is 11.8 Å². The monoisotopic (exact) mass is 513 g/mol. The molecule has 1 saturated carbocycles. The van der Waals surface area contributed by atoms with E-state index in [0.717, 1.165) is 55.6 Å². The maximum atomic E-state index is 13.6. The SMILES string of the molecule is CC(=O)NC1(c2ccccc2)CCN(C[C@@H]2C[C@@]2(C(=O)NCCc2ccc(F)cc2)c2ccccc2)CC1. The quantitative estimate of drug-likeness (QED) is 0.441. The Morgan fingerprint density at radius 1 is 0.895 bits per heavy atom. The van der Waals surface area contributed by atoms with Crippen molar-refractivity contribution in [3.8, 4) is 0 Å². The number of likely N-dealkylation sites (tertiary alicyclic amines) is 1. The normalized spacial score (nSPS) is 22.4. The number of halogens is 1. The van der Waals surface area contributed by atoms with Gasteiger partial charge in [0, 0.05) is 33.1 Å². The Kier molecular flexibility index (Phi) is 7.61. The molecule has 1 saturated heterocycles. The van der Waals surface area contributed by atoms with Gasteiger partial charge in [-0.2, -0.15) is 0 Å². The summed E-state index contributed by atoms with van der Waals surface area (Å²) in [6.45, 7) is 4.69. The third kappa shape index (κ3) is 5.51. The molecule has 0 spiro atoms. The Morgan fingerprint density at radius 2 is 1.50 bits per heavy atom. The van der Waals surface area contributed by atoms with Gasteiger partial charge >= 0.3 is 0 Å². The molecule has 2 aliphatic rings. The molecule has 2 atom stereocenters. The van der Waals surface area contributed by atoms with Crippen LogP contribution >= 0.6 is 0 Å². The van der Waals surface area contributed by atoms with Crippen LogP contribution in [-0.2, 0) is 27.0 Å². The third-order valence-electron chi connectivity index (χ3n) is 8.34. The lowest BCUT2D eigenvalue weighted by molar-refractivity contribution is -0.124. The second-order valence-corrected chi connectivity index (χ2v) is 10.8. The summed E-state index contributed by atoms with van der Waals surface area (Å²) in [4.78, 5) is 28.1. The molecule has 198 valence electrons. The number of hydrogen-bond donors (Lipinski definition) is 2. The van der Waals surface area contributed by atoms with E-state index in [1.807, 2.05) is 36.4 Å². The molecule has 1 heterocycles. The van der Waals surface area contributed by atoms with Crippen LogP contribution in [0.2, 0.25) is 0 Å². The molecular weight excluding hydrogens is 477 g/mol. The van der Waals surface area contributed by atoms with Crippen LogP contribution in [0.4, 0.5) is 4.39 Å². The van der Waals surface area contributed by atoms with Crippen molar-refractivity contribution in [3.05, 3.63) is 107 Å². The van der Waals surface area contributed by atoms with Crippen LogP contribution in [0, 0.1) is 11.7 Å². The number of benzene rings is 3. The number of rotatable bonds is 9. The zero-order valence-electron chi connectivity index (χ0n) is 22.0. The molecule has 3 aromatic carbocycles. The molecule has 3 aromatic rings. The zero-order valence-corrected chi connectivity index (χ0v) is 22.0. The molecule has 0 radical (unpaired) electrons. The highest BCUT2D eigenvalue weighted by Crippen LogP contribution is 2.55. The standard InChI is InChI=1S/C32H36FN3O2/c1-24(37)35-31(26-8-4-2-5-9-26)17-20-36(21-18-31)23-28-22-32(28,27-10-6-3-7-11-27)30(38)34-19-16-25-12-14-29(33)15-13-25/h2-15,28H,16-23H2,1H3,(H,34,38)(H,35,37)/t28-,32+/m0/s1. The lowest BCUT2D eigenvalue weighted by Crippen LogP contribution is -2.53. The number of amides is 2. The Labute approximate surface area is 224 Å². The van der Waals surface area contributed by atoms with E-state index in [-0.39, 0.29) is 29.1 Å². The molecule has 38 heavy (non-hydrogen) atoms. The van der Waals surface area contributed by atoms with Gasteiger partial charge in [-0.1, -0.05) is 72.8 Å². The summed E-state index contributed by atoms with van der Waals surface area (Å²) in [5.74, 6) is 0.0488. The van der Waals surface area contributed by atoms with Crippen LogP contribution in [0.1, 0.15) is 42.9 Å². The molecule has 2 amide bonds. The highest BCUT2D eigenvalue weighted by Gasteiger charge is 2.61. The van der Waals surface area contributed by atoms with Gasteiger partial charge in [-0.15, -0.1) is 0 Å². The van der Waals surface area contributed by atoms with E-state index in [1.165, 1.54) is 12.1 Å². The van der Waals surface area contributed by atoms with E-state index in [2.05, 4.69) is 39.8 Å². The molecule has 5 nitrogen and oxygen atoms in total. The first-order valence-electron chi connectivity index (χ1n) is 13.6. The van der Waals surface area contributed by atoms with E-state index in [0.29, 0.717) is 13.0 Å². The van der Waals surface area contributed by atoms with E-state index >= 15 is 0 Å². The molecule has 2 N–H and O–H groups in total. The Balaban J connectivity index is 1.24. The Morgan fingerprint density at radius 3 is 2.11 bits per heavy atom. The van der Waals surface area contributed by atoms with Gasteiger partial charge in [0.15, 0.2) is 0 Å². The molecule has 0 unspecified atom stereocenters. The number of carbonyl (C=O) groups excluding carboxylic acids is 2. The van der Waals surface area contributed by atoms with Gasteiger partial charge in [0.2, 0.25) is 11.8 Å². The summed E-state index contributed by atoms with van der Waals surface area (Å²) in [6, 6.07) is 26.8. The van der Waals surface area contributed by atoms with Gasteiger partial charge in [-0.3, -0.25) is 9.59 Å². The maximum absolute atomic E-state index is 13.6. The van der Waals surface area contributed by atoms with E-state index in [4.69, 9.17) is 0 Å². The summed E-state index contributed by atoms with van der Waals surface area (Å²) in [7, 11) is 0. The highest BCUT2D eigenvalue weighted by atomic mass is 19.1. The summed E-state index contributed by atoms with van der Waals surface area (Å²) in [5, 5.41) is 6.42. The molecule has 0 bridgehead atoms. The van der Waals surface area contributed by atoms with Gasteiger partial charge in [0.05, 0.1) is 11.0 Å². The maximum Gasteiger partial charge on any atom is 0.231 e. The topological polar surface area (TPSA) is 61.4 Å². The minimum Gasteiger partial charge on any atom is -0.355 e. The average Bonchev–Trinajstić information content (AvgIpc) is 3.66. The van der Waals surface area contributed by atoms with Gasteiger partial charge < -0.3 is 15.5 Å². The van der Waals surface area contributed by atoms with Crippen LogP contribution < -0.4 is 10.6 Å². The molecule has 1 aliphatic carbocycles.